The van der Waals surface area contributed by atoms with E-state index in [-0.39, 0.29) is 22.1 Å². The quantitative estimate of drug-likeness (QED) is 0.359. The number of H-pyrrole nitrogens is 4. The highest BCUT2D eigenvalue weighted by Crippen LogP contribution is 2.30. The molecule has 10 heteroatoms. The Morgan fingerprint density at radius 2 is 1.39 bits per heavy atom. The number of pyridine rings is 1. The fourth-order valence-electron chi connectivity index (χ4n) is 2.51. The van der Waals surface area contributed by atoms with E-state index in [1.165, 1.54) is 11.3 Å². The van der Waals surface area contributed by atoms with E-state index < -0.39 is 22.5 Å². The SMILES string of the molecule is O=c1[nH]c(=O)c2c(-c3ccsc3)c3c(=O)[nH]c(=O)[nH]c3nc2[nH]1. The molecule has 0 aliphatic rings. The zero-order valence-corrected chi connectivity index (χ0v) is 12.0. The third-order valence-corrected chi connectivity index (χ3v) is 4.06. The first-order valence-electron chi connectivity index (χ1n) is 6.40. The third kappa shape index (κ3) is 1.96. The zero-order valence-electron chi connectivity index (χ0n) is 11.2. The normalized spacial score (nSPS) is 11.3. The largest absolute Gasteiger partial charge is 0.327 e. The number of rotatable bonds is 1. The molecule has 0 aliphatic heterocycles. The van der Waals surface area contributed by atoms with Crippen LogP contribution in [0.5, 0.6) is 0 Å². The van der Waals surface area contributed by atoms with Crippen LogP contribution >= 0.6 is 11.3 Å². The summed E-state index contributed by atoms with van der Waals surface area (Å²) in [6, 6.07) is 1.73. The number of aromatic amines is 4. The molecular weight excluding hydrogens is 322 g/mol. The van der Waals surface area contributed by atoms with E-state index >= 15 is 0 Å². The van der Waals surface area contributed by atoms with Gasteiger partial charge in [0.25, 0.3) is 11.1 Å². The molecule has 0 spiro atoms. The Kier molecular flexibility index (Phi) is 2.69. The van der Waals surface area contributed by atoms with Crippen LogP contribution in [0.3, 0.4) is 0 Å². The van der Waals surface area contributed by atoms with Gasteiger partial charge in [-0.3, -0.25) is 29.5 Å². The number of hydrogen-bond acceptors (Lipinski definition) is 6. The van der Waals surface area contributed by atoms with Crippen LogP contribution < -0.4 is 22.5 Å². The molecule has 0 unspecified atom stereocenters. The standard InChI is InChI=1S/C13H7N5O4S/c19-10-6-5(4-1-2-23-3-4)7-9(16-13(22)18-11(7)20)14-8(6)15-12(21)17-10/h1-3H,(H4,14,15,16,17,18,19,20,21,22). The molecule has 0 radical (unpaired) electrons. The molecule has 9 nitrogen and oxygen atoms in total. The van der Waals surface area contributed by atoms with Gasteiger partial charge < -0.3 is 0 Å². The fourth-order valence-corrected chi connectivity index (χ4v) is 3.16. The van der Waals surface area contributed by atoms with Crippen molar-refractivity contribution in [3.8, 4) is 11.1 Å². The van der Waals surface area contributed by atoms with Crippen LogP contribution in [0.1, 0.15) is 0 Å². The second-order valence-corrected chi connectivity index (χ2v) is 5.54. The van der Waals surface area contributed by atoms with Crippen molar-refractivity contribution in [2.24, 2.45) is 0 Å². The average Bonchev–Trinajstić information content (AvgIpc) is 2.98. The molecule has 0 fully saturated rings. The smallest absolute Gasteiger partial charge is 0.291 e. The van der Waals surface area contributed by atoms with E-state index in [4.69, 9.17) is 0 Å². The van der Waals surface area contributed by atoms with Crippen molar-refractivity contribution in [1.82, 2.24) is 24.9 Å². The van der Waals surface area contributed by atoms with Crippen LogP contribution in [0, 0.1) is 0 Å². The van der Waals surface area contributed by atoms with Gasteiger partial charge in [0, 0.05) is 5.56 Å². The van der Waals surface area contributed by atoms with Gasteiger partial charge in [0.1, 0.15) is 11.3 Å². The zero-order chi connectivity index (χ0) is 16.1. The summed E-state index contributed by atoms with van der Waals surface area (Å²) < 4.78 is 0. The lowest BCUT2D eigenvalue weighted by atomic mass is 10.0. The molecule has 0 amide bonds. The summed E-state index contributed by atoms with van der Waals surface area (Å²) >= 11 is 1.38. The molecule has 0 aliphatic carbocycles. The third-order valence-electron chi connectivity index (χ3n) is 3.38. The van der Waals surface area contributed by atoms with Gasteiger partial charge in [0.15, 0.2) is 0 Å². The predicted molar refractivity (Wildman–Crippen MR) is 85.0 cm³/mol. The van der Waals surface area contributed by atoms with Gasteiger partial charge in [-0.25, -0.2) is 14.6 Å². The number of aromatic nitrogens is 5. The Bertz CT molecular complexity index is 1210. The number of hydrogen-bond donors (Lipinski definition) is 4. The van der Waals surface area contributed by atoms with Crippen LogP contribution in [0.15, 0.2) is 36.0 Å². The minimum atomic E-state index is -0.724. The molecular formula is C13H7N5O4S. The molecule has 4 aromatic rings. The monoisotopic (exact) mass is 329 g/mol. The van der Waals surface area contributed by atoms with Crippen molar-refractivity contribution >= 4 is 33.4 Å². The molecule has 4 rings (SSSR count). The van der Waals surface area contributed by atoms with Crippen LogP contribution in [0.2, 0.25) is 0 Å². The maximum Gasteiger partial charge on any atom is 0.327 e. The van der Waals surface area contributed by atoms with Crippen LogP contribution in [0.4, 0.5) is 0 Å². The maximum absolute atomic E-state index is 12.2. The van der Waals surface area contributed by atoms with Crippen molar-refractivity contribution in [2.75, 3.05) is 0 Å². The van der Waals surface area contributed by atoms with E-state index in [0.29, 0.717) is 11.1 Å². The summed E-state index contributed by atoms with van der Waals surface area (Å²) in [5.74, 6) is 0. The van der Waals surface area contributed by atoms with Crippen molar-refractivity contribution in [3.05, 3.63) is 58.5 Å². The van der Waals surface area contributed by atoms with E-state index in [0.717, 1.165) is 0 Å². The van der Waals surface area contributed by atoms with Gasteiger partial charge in [-0.15, -0.1) is 0 Å². The molecule has 4 heterocycles. The van der Waals surface area contributed by atoms with Gasteiger partial charge in [-0.1, -0.05) is 0 Å². The highest BCUT2D eigenvalue weighted by Gasteiger charge is 2.18. The van der Waals surface area contributed by atoms with Crippen molar-refractivity contribution in [1.29, 1.82) is 0 Å². The van der Waals surface area contributed by atoms with E-state index in [2.05, 4.69) is 24.9 Å². The summed E-state index contributed by atoms with van der Waals surface area (Å²) in [6.07, 6.45) is 0. The molecule has 0 atom stereocenters. The first-order valence-corrected chi connectivity index (χ1v) is 7.34. The number of thiophene rings is 1. The Labute approximate surface area is 128 Å². The molecule has 114 valence electrons. The molecule has 0 saturated heterocycles. The van der Waals surface area contributed by atoms with Gasteiger partial charge in [-0.2, -0.15) is 11.3 Å². The number of nitrogens with zero attached hydrogens (tertiary/aromatic N) is 1. The fraction of sp³-hybridized carbons (Fsp3) is 0. The second-order valence-electron chi connectivity index (χ2n) is 4.76. The van der Waals surface area contributed by atoms with E-state index in [1.807, 2.05) is 0 Å². The maximum atomic E-state index is 12.2. The molecule has 0 saturated carbocycles. The Balaban J connectivity index is 2.42. The topological polar surface area (TPSA) is 144 Å². The van der Waals surface area contributed by atoms with E-state index in [9.17, 15) is 19.2 Å². The molecule has 0 aromatic carbocycles. The lowest BCUT2D eigenvalue weighted by Gasteiger charge is -2.07. The highest BCUT2D eigenvalue weighted by molar-refractivity contribution is 7.08. The van der Waals surface area contributed by atoms with Gasteiger partial charge >= 0.3 is 11.4 Å². The Hall–Kier alpha value is -3.27. The predicted octanol–water partition coefficient (Wildman–Crippen LogP) is -0.130. The minimum Gasteiger partial charge on any atom is -0.291 e. The van der Waals surface area contributed by atoms with Crippen LogP contribution in [-0.2, 0) is 0 Å². The first kappa shape index (κ1) is 13.4. The molecule has 23 heavy (non-hydrogen) atoms. The molecule has 0 bridgehead atoms. The van der Waals surface area contributed by atoms with Crippen LogP contribution in [0.25, 0.3) is 33.2 Å². The Morgan fingerprint density at radius 1 is 0.826 bits per heavy atom. The minimum absolute atomic E-state index is 0.00583. The van der Waals surface area contributed by atoms with Crippen molar-refractivity contribution in [2.45, 2.75) is 0 Å². The summed E-state index contributed by atoms with van der Waals surface area (Å²) in [4.78, 5) is 60.6. The highest BCUT2D eigenvalue weighted by atomic mass is 32.1. The number of nitrogens with one attached hydrogen (secondary N) is 4. The van der Waals surface area contributed by atoms with Gasteiger partial charge in [0.05, 0.1) is 10.8 Å². The molecule has 4 N–H and O–H groups in total. The van der Waals surface area contributed by atoms with Gasteiger partial charge in [-0.05, 0) is 22.4 Å². The lowest BCUT2D eigenvalue weighted by molar-refractivity contribution is 1.04. The summed E-state index contributed by atoms with van der Waals surface area (Å²) in [5.41, 5.74) is -1.86. The summed E-state index contributed by atoms with van der Waals surface area (Å²) in [6.45, 7) is 0. The van der Waals surface area contributed by atoms with E-state index in [1.54, 1.807) is 16.8 Å². The molecule has 4 aromatic heterocycles. The van der Waals surface area contributed by atoms with Crippen LogP contribution in [-0.4, -0.2) is 24.9 Å². The lowest BCUT2D eigenvalue weighted by Crippen LogP contribution is -2.26. The first-order chi connectivity index (χ1) is 11.0. The summed E-state index contributed by atoms with van der Waals surface area (Å²) in [7, 11) is 0. The number of fused-ring (bicyclic) bond motifs is 2. The second kappa shape index (κ2) is 4.61. The van der Waals surface area contributed by atoms with Crippen molar-refractivity contribution in [3.63, 3.8) is 0 Å². The summed E-state index contributed by atoms with van der Waals surface area (Å²) in [5, 5.41) is 3.69. The van der Waals surface area contributed by atoms with Gasteiger partial charge in [0.2, 0.25) is 0 Å². The van der Waals surface area contributed by atoms with Crippen molar-refractivity contribution < 1.29 is 0 Å². The Morgan fingerprint density at radius 3 is 1.87 bits per heavy atom. The average molecular weight is 329 g/mol.